The van der Waals surface area contributed by atoms with Gasteiger partial charge in [-0.2, -0.15) is 0 Å². The third-order valence-corrected chi connectivity index (χ3v) is 2.83. The summed E-state index contributed by atoms with van der Waals surface area (Å²) < 4.78 is 20.7. The highest BCUT2D eigenvalue weighted by Crippen LogP contribution is 2.37. The number of methoxy groups -OCH3 is 3. The molecule has 96 valence electrons. The molecule has 0 atom stereocenters. The average molecular weight is 250 g/mol. The molecule has 5 heteroatoms. The summed E-state index contributed by atoms with van der Waals surface area (Å²) in [7, 11) is 4.46. The predicted molar refractivity (Wildman–Crippen MR) is 66.9 cm³/mol. The molecule has 0 bridgehead atoms. The molecule has 0 amide bonds. The van der Waals surface area contributed by atoms with E-state index in [1.165, 1.54) is 14.2 Å². The Labute approximate surface area is 104 Å². The summed E-state index contributed by atoms with van der Waals surface area (Å²) >= 11 is 0. The minimum atomic E-state index is -0.564. The monoisotopic (exact) mass is 250 g/mol. The Hall–Kier alpha value is -2.17. The normalized spacial score (nSPS) is 10.4. The number of ether oxygens (including phenoxy) is 3. The first-order valence-corrected chi connectivity index (χ1v) is 5.36. The van der Waals surface area contributed by atoms with E-state index in [4.69, 9.17) is 18.6 Å². The summed E-state index contributed by atoms with van der Waals surface area (Å²) in [6.45, 7) is 1.86. The molecule has 0 spiro atoms. The Morgan fingerprint density at radius 3 is 2.22 bits per heavy atom. The number of hydrogen-bond donors (Lipinski definition) is 0. The van der Waals surface area contributed by atoms with Crippen molar-refractivity contribution in [2.24, 2.45) is 0 Å². The molecule has 0 saturated heterocycles. The Morgan fingerprint density at radius 1 is 1.00 bits per heavy atom. The van der Waals surface area contributed by atoms with Crippen LogP contribution in [0.4, 0.5) is 0 Å². The van der Waals surface area contributed by atoms with Crippen LogP contribution in [0.25, 0.3) is 11.0 Å². The molecule has 0 unspecified atom stereocenters. The molecular formula is C13H14O5. The van der Waals surface area contributed by atoms with E-state index < -0.39 is 5.63 Å². The largest absolute Gasteiger partial charge is 0.496 e. The van der Waals surface area contributed by atoms with Gasteiger partial charge in [0.1, 0.15) is 11.3 Å². The molecule has 0 N–H and O–H groups in total. The van der Waals surface area contributed by atoms with Gasteiger partial charge >= 0.3 is 5.63 Å². The molecule has 0 saturated carbocycles. The molecule has 0 aliphatic carbocycles. The molecule has 0 radical (unpaired) electrons. The van der Waals surface area contributed by atoms with Crippen molar-refractivity contribution in [3.05, 3.63) is 28.1 Å². The van der Waals surface area contributed by atoms with Crippen molar-refractivity contribution in [1.29, 1.82) is 0 Å². The van der Waals surface area contributed by atoms with Crippen LogP contribution in [-0.4, -0.2) is 21.3 Å². The van der Waals surface area contributed by atoms with Gasteiger partial charge in [-0.05, 0) is 19.1 Å². The van der Waals surface area contributed by atoms with Gasteiger partial charge in [-0.3, -0.25) is 0 Å². The van der Waals surface area contributed by atoms with E-state index in [0.717, 1.165) is 5.56 Å². The second-order valence-electron chi connectivity index (χ2n) is 3.72. The van der Waals surface area contributed by atoms with Gasteiger partial charge in [0, 0.05) is 5.56 Å². The van der Waals surface area contributed by atoms with Crippen LogP contribution in [-0.2, 0) is 0 Å². The molecule has 0 aliphatic heterocycles. The van der Waals surface area contributed by atoms with Crippen molar-refractivity contribution in [1.82, 2.24) is 0 Å². The molecular weight excluding hydrogens is 236 g/mol. The minimum absolute atomic E-state index is 0.0568. The SMILES string of the molecule is COc1ccc2oc(=O)c(OC)c(OC)c2c1C. The zero-order valence-corrected chi connectivity index (χ0v) is 10.7. The zero-order chi connectivity index (χ0) is 13.3. The molecule has 1 heterocycles. The lowest BCUT2D eigenvalue weighted by molar-refractivity contribution is 0.338. The number of fused-ring (bicyclic) bond motifs is 1. The Bertz CT molecular complexity index is 642. The van der Waals surface area contributed by atoms with Gasteiger partial charge in [-0.25, -0.2) is 4.79 Å². The Kier molecular flexibility index (Phi) is 3.14. The maximum atomic E-state index is 11.7. The zero-order valence-electron chi connectivity index (χ0n) is 10.7. The topological polar surface area (TPSA) is 57.9 Å². The molecule has 1 aromatic heterocycles. The van der Waals surface area contributed by atoms with Gasteiger partial charge in [0.15, 0.2) is 5.75 Å². The van der Waals surface area contributed by atoms with Crippen molar-refractivity contribution < 1.29 is 18.6 Å². The fourth-order valence-electron chi connectivity index (χ4n) is 1.98. The molecule has 5 nitrogen and oxygen atoms in total. The first kappa shape index (κ1) is 12.3. The van der Waals surface area contributed by atoms with Crippen LogP contribution < -0.4 is 19.8 Å². The van der Waals surface area contributed by atoms with Gasteiger partial charge in [-0.1, -0.05) is 0 Å². The van der Waals surface area contributed by atoms with E-state index in [1.54, 1.807) is 19.2 Å². The standard InChI is InChI=1S/C13H14O5/c1-7-8(15-2)5-6-9-10(7)11(16-3)12(17-4)13(14)18-9/h5-6H,1-4H3. The van der Waals surface area contributed by atoms with E-state index in [1.807, 2.05) is 6.92 Å². The lowest BCUT2D eigenvalue weighted by atomic mass is 10.1. The van der Waals surface area contributed by atoms with Crippen LogP contribution in [0.1, 0.15) is 5.56 Å². The first-order valence-electron chi connectivity index (χ1n) is 5.36. The molecule has 2 aromatic rings. The van der Waals surface area contributed by atoms with Crippen molar-refractivity contribution in [3.8, 4) is 17.2 Å². The molecule has 0 fully saturated rings. The van der Waals surface area contributed by atoms with Crippen LogP contribution in [0.2, 0.25) is 0 Å². The summed E-state index contributed by atoms with van der Waals surface area (Å²) in [5.41, 5.74) is 0.705. The maximum absolute atomic E-state index is 11.7. The van der Waals surface area contributed by atoms with Crippen LogP contribution in [0.15, 0.2) is 21.3 Å². The first-order chi connectivity index (χ1) is 8.63. The lowest BCUT2D eigenvalue weighted by Crippen LogP contribution is -2.07. The highest BCUT2D eigenvalue weighted by Gasteiger charge is 2.19. The highest BCUT2D eigenvalue weighted by atomic mass is 16.5. The summed E-state index contributed by atoms with van der Waals surface area (Å²) in [5, 5.41) is 0.674. The van der Waals surface area contributed by atoms with E-state index in [2.05, 4.69) is 0 Å². The van der Waals surface area contributed by atoms with Gasteiger partial charge in [0.2, 0.25) is 5.75 Å². The molecule has 1 aromatic carbocycles. The molecule has 2 rings (SSSR count). The summed E-state index contributed by atoms with van der Waals surface area (Å²) in [6, 6.07) is 3.41. The van der Waals surface area contributed by atoms with Crippen LogP contribution >= 0.6 is 0 Å². The van der Waals surface area contributed by atoms with E-state index >= 15 is 0 Å². The third kappa shape index (κ3) is 1.68. The van der Waals surface area contributed by atoms with Gasteiger partial charge in [0.25, 0.3) is 0 Å². The average Bonchev–Trinajstić information content (AvgIpc) is 2.37. The Morgan fingerprint density at radius 2 is 1.67 bits per heavy atom. The summed E-state index contributed by atoms with van der Waals surface area (Å²) in [5.74, 6) is 1.11. The second-order valence-corrected chi connectivity index (χ2v) is 3.72. The van der Waals surface area contributed by atoms with E-state index in [-0.39, 0.29) is 5.75 Å². The number of hydrogen-bond acceptors (Lipinski definition) is 5. The van der Waals surface area contributed by atoms with E-state index in [9.17, 15) is 4.79 Å². The third-order valence-electron chi connectivity index (χ3n) is 2.83. The number of aryl methyl sites for hydroxylation is 1. The van der Waals surface area contributed by atoms with Gasteiger partial charge in [0.05, 0.1) is 26.7 Å². The minimum Gasteiger partial charge on any atom is -0.496 e. The smallest absolute Gasteiger partial charge is 0.383 e. The van der Waals surface area contributed by atoms with Crippen molar-refractivity contribution >= 4 is 11.0 Å². The Balaban J connectivity index is 2.96. The molecule has 0 aliphatic rings. The van der Waals surface area contributed by atoms with Crippen LogP contribution in [0.5, 0.6) is 17.2 Å². The number of rotatable bonds is 3. The molecule has 18 heavy (non-hydrogen) atoms. The van der Waals surface area contributed by atoms with Gasteiger partial charge in [-0.15, -0.1) is 0 Å². The van der Waals surface area contributed by atoms with Crippen molar-refractivity contribution in [3.63, 3.8) is 0 Å². The fourth-order valence-corrected chi connectivity index (χ4v) is 1.98. The summed E-state index contributed by atoms with van der Waals surface area (Å²) in [6.07, 6.45) is 0. The predicted octanol–water partition coefficient (Wildman–Crippen LogP) is 2.13. The van der Waals surface area contributed by atoms with Crippen LogP contribution in [0.3, 0.4) is 0 Å². The lowest BCUT2D eigenvalue weighted by Gasteiger charge is -2.12. The summed E-state index contributed by atoms with van der Waals surface area (Å²) in [4.78, 5) is 11.7. The van der Waals surface area contributed by atoms with Gasteiger partial charge < -0.3 is 18.6 Å². The van der Waals surface area contributed by atoms with E-state index in [0.29, 0.717) is 22.5 Å². The quantitative estimate of drug-likeness (QED) is 0.781. The maximum Gasteiger partial charge on any atom is 0.383 e. The van der Waals surface area contributed by atoms with Crippen LogP contribution in [0, 0.1) is 6.92 Å². The highest BCUT2D eigenvalue weighted by molar-refractivity contribution is 5.90. The van der Waals surface area contributed by atoms with Crippen molar-refractivity contribution in [2.75, 3.05) is 21.3 Å². The second kappa shape index (κ2) is 4.60. The van der Waals surface area contributed by atoms with Crippen molar-refractivity contribution in [2.45, 2.75) is 6.92 Å². The number of benzene rings is 1. The fraction of sp³-hybridized carbons (Fsp3) is 0.308.